The molecule has 2 aromatic rings. The molecule has 0 N–H and O–H groups in total. The third-order valence-electron chi connectivity index (χ3n) is 5.60. The topological polar surface area (TPSA) is 82.9 Å². The van der Waals surface area contributed by atoms with Gasteiger partial charge in [-0.25, -0.2) is 0 Å². The van der Waals surface area contributed by atoms with E-state index >= 15 is 0 Å². The number of benzene rings is 2. The van der Waals surface area contributed by atoms with Crippen molar-refractivity contribution in [3.05, 3.63) is 65.2 Å². The molecule has 1 heterocycles. The molecule has 0 bridgehead atoms. The van der Waals surface area contributed by atoms with E-state index in [0.29, 0.717) is 49.2 Å². The summed E-state index contributed by atoms with van der Waals surface area (Å²) >= 11 is 0. The largest absolute Gasteiger partial charge is 0.493 e. The average molecular weight is 448 g/mol. The summed E-state index contributed by atoms with van der Waals surface area (Å²) in [6.07, 6.45) is 3.24. The summed E-state index contributed by atoms with van der Waals surface area (Å²) in [5.41, 5.74) is 2.66. The summed E-state index contributed by atoms with van der Waals surface area (Å²) in [4.78, 5) is 29.0. The fourth-order valence-corrected chi connectivity index (χ4v) is 3.61. The maximum atomic E-state index is 12.8. The predicted octanol–water partition coefficient (Wildman–Crippen LogP) is 3.72. The van der Waals surface area contributed by atoms with Crippen LogP contribution < -0.4 is 9.47 Å². The van der Waals surface area contributed by atoms with E-state index in [1.165, 1.54) is 18.7 Å². The molecule has 0 saturated carbocycles. The molecular formula is C26H29N3O4. The predicted molar refractivity (Wildman–Crippen MR) is 126 cm³/mol. The molecule has 1 saturated heterocycles. The molecule has 1 aliphatic rings. The van der Waals surface area contributed by atoms with Crippen molar-refractivity contribution in [2.24, 2.45) is 0 Å². The molecule has 0 radical (unpaired) electrons. The van der Waals surface area contributed by atoms with Gasteiger partial charge in [0.25, 0.3) is 5.91 Å². The van der Waals surface area contributed by atoms with Gasteiger partial charge in [-0.15, -0.1) is 0 Å². The number of amides is 2. The van der Waals surface area contributed by atoms with E-state index in [1.54, 1.807) is 34.1 Å². The van der Waals surface area contributed by atoms with Gasteiger partial charge in [0.1, 0.15) is 6.07 Å². The second kappa shape index (κ2) is 11.2. The van der Waals surface area contributed by atoms with Crippen LogP contribution in [0.1, 0.15) is 41.3 Å². The Hall–Kier alpha value is -3.79. The fourth-order valence-electron chi connectivity index (χ4n) is 3.61. The van der Waals surface area contributed by atoms with Gasteiger partial charge in [-0.1, -0.05) is 32.0 Å². The molecule has 7 nitrogen and oxygen atoms in total. The van der Waals surface area contributed by atoms with Crippen LogP contribution in [0.15, 0.2) is 48.5 Å². The average Bonchev–Trinajstić information content (AvgIpc) is 2.85. The number of nitrogens with zero attached hydrogens (tertiary/aromatic N) is 3. The first kappa shape index (κ1) is 23.9. The first-order valence-electron chi connectivity index (χ1n) is 11.0. The number of hydrogen-bond donors (Lipinski definition) is 0. The van der Waals surface area contributed by atoms with Crippen LogP contribution in [-0.2, 0) is 4.79 Å². The molecule has 0 spiro atoms. The van der Waals surface area contributed by atoms with Crippen molar-refractivity contribution < 1.29 is 19.1 Å². The minimum atomic E-state index is -0.104. The lowest BCUT2D eigenvalue weighted by atomic mass is 10.0. The van der Waals surface area contributed by atoms with Crippen LogP contribution in [0.4, 0.5) is 0 Å². The summed E-state index contributed by atoms with van der Waals surface area (Å²) in [6, 6.07) is 14.9. The van der Waals surface area contributed by atoms with Crippen molar-refractivity contribution in [1.29, 1.82) is 5.26 Å². The highest BCUT2D eigenvalue weighted by Crippen LogP contribution is 2.28. The lowest BCUT2D eigenvalue weighted by molar-refractivity contribution is -0.127. The molecule has 3 rings (SSSR count). The van der Waals surface area contributed by atoms with Crippen molar-refractivity contribution in [2.75, 3.05) is 39.9 Å². The maximum absolute atomic E-state index is 12.8. The highest BCUT2D eigenvalue weighted by molar-refractivity contribution is 5.95. The Bertz CT molecular complexity index is 1050. The Balaban J connectivity index is 1.55. The number of nitriles is 1. The number of hydrogen-bond acceptors (Lipinski definition) is 5. The van der Waals surface area contributed by atoms with Crippen LogP contribution in [0.3, 0.4) is 0 Å². The number of methoxy groups -OCH3 is 1. The second-order valence-corrected chi connectivity index (χ2v) is 8.08. The van der Waals surface area contributed by atoms with Crippen molar-refractivity contribution >= 4 is 17.9 Å². The van der Waals surface area contributed by atoms with Gasteiger partial charge in [0.15, 0.2) is 18.1 Å². The second-order valence-electron chi connectivity index (χ2n) is 8.08. The van der Waals surface area contributed by atoms with Gasteiger partial charge in [-0.3, -0.25) is 9.59 Å². The van der Waals surface area contributed by atoms with Gasteiger partial charge in [-0.2, -0.15) is 5.26 Å². The van der Waals surface area contributed by atoms with E-state index in [0.717, 1.165) is 5.56 Å². The summed E-state index contributed by atoms with van der Waals surface area (Å²) < 4.78 is 10.6. The Morgan fingerprint density at radius 2 is 1.70 bits per heavy atom. The summed E-state index contributed by atoms with van der Waals surface area (Å²) in [5.74, 6) is 1.29. The van der Waals surface area contributed by atoms with Gasteiger partial charge < -0.3 is 19.3 Å². The SMILES string of the molecule is COc1cc(/C=C/C(=O)N2CCN(C(=O)c3ccc(C(C)C)cc3)CC2)ccc1OCC#N. The van der Waals surface area contributed by atoms with E-state index in [-0.39, 0.29) is 18.4 Å². The molecule has 1 aliphatic heterocycles. The Kier molecular flexibility index (Phi) is 8.09. The lowest BCUT2D eigenvalue weighted by Gasteiger charge is -2.34. The molecule has 2 aromatic carbocycles. The van der Waals surface area contributed by atoms with Gasteiger partial charge >= 0.3 is 0 Å². The molecule has 7 heteroatoms. The van der Waals surface area contributed by atoms with E-state index in [1.807, 2.05) is 30.3 Å². The first-order valence-corrected chi connectivity index (χ1v) is 11.0. The summed E-state index contributed by atoms with van der Waals surface area (Å²) in [7, 11) is 1.52. The standard InChI is InChI=1S/C26H29N3O4/c1-19(2)21-6-8-22(9-7-21)26(31)29-15-13-28(14-16-29)25(30)11-5-20-4-10-23(33-17-12-27)24(18-20)32-3/h4-11,18-19H,13-17H2,1-3H3/b11-5+. The normalized spacial score (nSPS) is 13.8. The zero-order valence-corrected chi connectivity index (χ0v) is 19.3. The molecule has 2 amide bonds. The zero-order valence-electron chi connectivity index (χ0n) is 19.3. The molecule has 0 aliphatic carbocycles. The van der Waals surface area contributed by atoms with Crippen LogP contribution in [0, 0.1) is 11.3 Å². The highest BCUT2D eigenvalue weighted by atomic mass is 16.5. The quantitative estimate of drug-likeness (QED) is 0.604. The van der Waals surface area contributed by atoms with Crippen LogP contribution >= 0.6 is 0 Å². The minimum Gasteiger partial charge on any atom is -0.493 e. The molecule has 0 atom stereocenters. The van der Waals surface area contributed by atoms with Crippen LogP contribution in [-0.4, -0.2) is 61.5 Å². The number of carbonyl (C=O) groups excluding carboxylic acids is 2. The van der Waals surface area contributed by atoms with Crippen molar-refractivity contribution in [2.45, 2.75) is 19.8 Å². The monoisotopic (exact) mass is 447 g/mol. The molecule has 1 fully saturated rings. The van der Waals surface area contributed by atoms with Crippen molar-refractivity contribution in [1.82, 2.24) is 9.80 Å². The fraction of sp³-hybridized carbons (Fsp3) is 0.346. The molecular weight excluding hydrogens is 418 g/mol. The van der Waals surface area contributed by atoms with E-state index < -0.39 is 0 Å². The number of rotatable bonds is 7. The van der Waals surface area contributed by atoms with Gasteiger partial charge in [0.05, 0.1) is 7.11 Å². The summed E-state index contributed by atoms with van der Waals surface area (Å²) in [5, 5.41) is 8.66. The Morgan fingerprint density at radius 3 is 2.30 bits per heavy atom. The van der Waals surface area contributed by atoms with Gasteiger partial charge in [-0.05, 0) is 47.4 Å². The van der Waals surface area contributed by atoms with Crippen molar-refractivity contribution in [3.63, 3.8) is 0 Å². The van der Waals surface area contributed by atoms with Gasteiger partial charge in [0, 0.05) is 37.8 Å². The zero-order chi connectivity index (χ0) is 23.8. The number of carbonyl (C=O) groups is 2. The lowest BCUT2D eigenvalue weighted by Crippen LogP contribution is -2.50. The maximum Gasteiger partial charge on any atom is 0.253 e. The van der Waals surface area contributed by atoms with Crippen LogP contribution in [0.2, 0.25) is 0 Å². The van der Waals surface area contributed by atoms with E-state index in [4.69, 9.17) is 14.7 Å². The first-order chi connectivity index (χ1) is 15.9. The van der Waals surface area contributed by atoms with Crippen LogP contribution in [0.25, 0.3) is 6.08 Å². The Labute approximate surface area is 194 Å². The summed E-state index contributed by atoms with van der Waals surface area (Å²) in [6.45, 7) is 6.16. The van der Waals surface area contributed by atoms with E-state index in [2.05, 4.69) is 13.8 Å². The number of ether oxygens (including phenoxy) is 2. The third kappa shape index (κ3) is 6.13. The van der Waals surface area contributed by atoms with Crippen LogP contribution in [0.5, 0.6) is 11.5 Å². The molecule has 0 unspecified atom stereocenters. The molecule has 33 heavy (non-hydrogen) atoms. The minimum absolute atomic E-state index is 0.00116. The highest BCUT2D eigenvalue weighted by Gasteiger charge is 2.24. The van der Waals surface area contributed by atoms with Crippen molar-refractivity contribution in [3.8, 4) is 17.6 Å². The third-order valence-corrected chi connectivity index (χ3v) is 5.60. The number of piperazine rings is 1. The smallest absolute Gasteiger partial charge is 0.253 e. The van der Waals surface area contributed by atoms with E-state index in [9.17, 15) is 9.59 Å². The van der Waals surface area contributed by atoms with Gasteiger partial charge in [0.2, 0.25) is 5.91 Å². The Morgan fingerprint density at radius 1 is 1.03 bits per heavy atom. The molecule has 172 valence electrons. The molecule has 0 aromatic heterocycles.